The summed E-state index contributed by atoms with van der Waals surface area (Å²) in [4.78, 5) is 32.7. The average molecular weight is 577 g/mol. The monoisotopic (exact) mass is 576 g/mol. The Kier molecular flexibility index (Phi) is 8.76. The van der Waals surface area contributed by atoms with Gasteiger partial charge in [0.05, 0.1) is 15.6 Å². The van der Waals surface area contributed by atoms with Crippen molar-refractivity contribution in [2.45, 2.75) is 44.1 Å². The molecule has 1 aliphatic carbocycles. The van der Waals surface area contributed by atoms with E-state index in [0.29, 0.717) is 30.6 Å². The molecular weight excluding hydrogens is 544 g/mol. The van der Waals surface area contributed by atoms with Crippen molar-refractivity contribution in [3.63, 3.8) is 0 Å². The number of H-pyrrole nitrogens is 1. The van der Waals surface area contributed by atoms with Gasteiger partial charge >= 0.3 is 0 Å². The van der Waals surface area contributed by atoms with Gasteiger partial charge in [-0.2, -0.15) is 0 Å². The summed E-state index contributed by atoms with van der Waals surface area (Å²) in [5, 5.41) is 5.67. The zero-order chi connectivity index (χ0) is 28.2. The van der Waals surface area contributed by atoms with E-state index >= 15 is 0 Å². The molecule has 10 heteroatoms. The van der Waals surface area contributed by atoms with Gasteiger partial charge in [-0.05, 0) is 50.6 Å². The first-order valence-corrected chi connectivity index (χ1v) is 14.7. The molecule has 4 heterocycles. The van der Waals surface area contributed by atoms with Crippen LogP contribution in [-0.2, 0) is 16.0 Å². The fourth-order valence-electron chi connectivity index (χ4n) is 5.03. The average Bonchev–Trinajstić information content (AvgIpc) is 3.56. The standard InChI is InChI=1S/C30H33ClN6O2S/c1-5-21-28(31)27-22(36-21)12-18(3)26(40-20-13-23(33-6-2)29(32-4)34-15-20)10-9-24(27)37-16-19(17-37)14-35-30(38)25-8-7-11-39-25/h6,9,12-13,15,19,25,36H,3-5,7-8,11,14,16-17H2,1-2H3,(H,35,38). The van der Waals surface area contributed by atoms with Gasteiger partial charge < -0.3 is 19.9 Å². The van der Waals surface area contributed by atoms with Crippen LogP contribution in [0.25, 0.3) is 11.8 Å². The van der Waals surface area contributed by atoms with Crippen LogP contribution in [0.3, 0.4) is 0 Å². The normalized spacial score (nSPS) is 19.1. The van der Waals surface area contributed by atoms with Crippen molar-refractivity contribution < 1.29 is 9.53 Å². The van der Waals surface area contributed by atoms with E-state index < -0.39 is 0 Å². The SMILES string of the molecule is C=Nc1ncc(SC2=C=CC(N3CC(CNC(=O)C4CCCO4)C3)=c3c(Cl)c(CC)[nH]c3=CC2=C)cc1N=CC. The molecule has 208 valence electrons. The first-order chi connectivity index (χ1) is 19.4. The number of likely N-dealkylation sites (tertiary alicyclic amines) is 1. The summed E-state index contributed by atoms with van der Waals surface area (Å²) in [5.41, 5.74) is 6.93. The van der Waals surface area contributed by atoms with Crippen molar-refractivity contribution in [2.75, 3.05) is 26.2 Å². The molecule has 2 aromatic heterocycles. The molecule has 2 fully saturated rings. The number of aromatic nitrogens is 2. The number of aliphatic imine (C=N–C) groups is 2. The molecule has 1 unspecified atom stereocenters. The number of carbonyl (C=O) groups is 1. The van der Waals surface area contributed by atoms with Crippen LogP contribution in [0.2, 0.25) is 5.02 Å². The van der Waals surface area contributed by atoms with Gasteiger partial charge in [-0.3, -0.25) is 9.79 Å². The van der Waals surface area contributed by atoms with E-state index in [1.807, 2.05) is 25.1 Å². The number of carbonyl (C=O) groups excluding carboxylic acids is 1. The number of aryl methyl sites for hydroxylation is 1. The minimum atomic E-state index is -0.304. The van der Waals surface area contributed by atoms with Crippen LogP contribution < -0.4 is 15.9 Å². The Hall–Kier alpha value is -3.36. The fraction of sp³-hybridized carbons (Fsp3) is 0.367. The van der Waals surface area contributed by atoms with Crippen LogP contribution in [0.4, 0.5) is 11.5 Å². The maximum atomic E-state index is 12.4. The maximum absolute atomic E-state index is 12.4. The summed E-state index contributed by atoms with van der Waals surface area (Å²) >= 11 is 8.41. The lowest BCUT2D eigenvalue weighted by Crippen LogP contribution is -2.52. The molecule has 0 saturated carbocycles. The lowest BCUT2D eigenvalue weighted by molar-refractivity contribution is -0.130. The molecule has 2 N–H and O–H groups in total. The Morgan fingerprint density at radius 3 is 2.98 bits per heavy atom. The number of nitrogens with zero attached hydrogens (tertiary/aromatic N) is 4. The number of amides is 1. The van der Waals surface area contributed by atoms with Crippen LogP contribution in [0.15, 0.2) is 56.0 Å². The second-order valence-corrected chi connectivity index (χ2v) is 11.4. The van der Waals surface area contributed by atoms with E-state index in [-0.39, 0.29) is 12.0 Å². The molecule has 1 amide bonds. The summed E-state index contributed by atoms with van der Waals surface area (Å²) in [6, 6.07) is 1.93. The Morgan fingerprint density at radius 2 is 2.27 bits per heavy atom. The van der Waals surface area contributed by atoms with E-state index in [4.69, 9.17) is 16.3 Å². The van der Waals surface area contributed by atoms with Crippen molar-refractivity contribution >= 4 is 65.5 Å². The molecular formula is C30H33ClN6O2S. The number of halogens is 1. The number of fused-ring (bicyclic) bond motifs is 1. The topological polar surface area (TPSA) is 95.0 Å². The van der Waals surface area contributed by atoms with E-state index in [9.17, 15) is 4.79 Å². The molecule has 1 atom stereocenters. The zero-order valence-electron chi connectivity index (χ0n) is 22.8. The lowest BCUT2D eigenvalue weighted by atomic mass is 9.98. The Labute approximate surface area is 243 Å². The first kappa shape index (κ1) is 28.2. The van der Waals surface area contributed by atoms with Crippen LogP contribution >= 0.6 is 23.4 Å². The second-order valence-electron chi connectivity index (χ2n) is 9.91. The van der Waals surface area contributed by atoms with Crippen molar-refractivity contribution in [3.05, 3.63) is 62.4 Å². The largest absolute Gasteiger partial charge is 0.370 e. The number of nitrogens with one attached hydrogen (secondary N) is 2. The molecule has 5 rings (SSSR count). The smallest absolute Gasteiger partial charge is 0.249 e. The highest BCUT2D eigenvalue weighted by Gasteiger charge is 2.31. The van der Waals surface area contributed by atoms with Crippen molar-refractivity contribution in [1.29, 1.82) is 0 Å². The third-order valence-electron chi connectivity index (χ3n) is 7.14. The number of thioether (sulfide) groups is 1. The number of aromatic amines is 1. The van der Waals surface area contributed by atoms with Gasteiger partial charge in [-0.1, -0.05) is 36.9 Å². The van der Waals surface area contributed by atoms with Gasteiger partial charge in [0.2, 0.25) is 5.91 Å². The predicted octanol–water partition coefficient (Wildman–Crippen LogP) is 4.20. The highest BCUT2D eigenvalue weighted by molar-refractivity contribution is 8.03. The minimum Gasteiger partial charge on any atom is -0.370 e. The van der Waals surface area contributed by atoms with Crippen molar-refractivity contribution in [1.82, 2.24) is 20.2 Å². The lowest BCUT2D eigenvalue weighted by Gasteiger charge is -2.41. The second kappa shape index (κ2) is 12.4. The quantitative estimate of drug-likeness (QED) is 0.345. The maximum Gasteiger partial charge on any atom is 0.249 e. The van der Waals surface area contributed by atoms with Crippen LogP contribution in [0, 0.1) is 5.92 Å². The molecule has 0 aromatic carbocycles. The van der Waals surface area contributed by atoms with Crippen LogP contribution in [-0.4, -0.2) is 66.1 Å². The first-order valence-electron chi connectivity index (χ1n) is 13.5. The summed E-state index contributed by atoms with van der Waals surface area (Å²) in [7, 11) is 0. The van der Waals surface area contributed by atoms with Gasteiger partial charge in [0.15, 0.2) is 5.82 Å². The molecule has 40 heavy (non-hydrogen) atoms. The molecule has 0 spiro atoms. The fourth-order valence-corrected chi connectivity index (χ4v) is 6.23. The molecule has 8 nitrogen and oxygen atoms in total. The summed E-state index contributed by atoms with van der Waals surface area (Å²) in [6.45, 7) is 14.8. The Bertz CT molecular complexity index is 1560. The molecule has 2 aromatic rings. The summed E-state index contributed by atoms with van der Waals surface area (Å²) < 4.78 is 5.51. The van der Waals surface area contributed by atoms with E-state index in [1.165, 1.54) is 11.8 Å². The van der Waals surface area contributed by atoms with Gasteiger partial charge in [-0.15, -0.1) is 5.73 Å². The zero-order valence-corrected chi connectivity index (χ0v) is 24.4. The van der Waals surface area contributed by atoms with E-state index in [1.54, 1.807) is 12.4 Å². The van der Waals surface area contributed by atoms with Crippen molar-refractivity contribution in [3.8, 4) is 0 Å². The van der Waals surface area contributed by atoms with Crippen LogP contribution in [0.1, 0.15) is 32.4 Å². The Morgan fingerprint density at radius 1 is 1.45 bits per heavy atom. The highest BCUT2D eigenvalue weighted by atomic mass is 35.5. The molecule has 3 aliphatic rings. The van der Waals surface area contributed by atoms with Crippen molar-refractivity contribution in [2.24, 2.45) is 15.9 Å². The minimum absolute atomic E-state index is 0.00473. The van der Waals surface area contributed by atoms with Gasteiger partial charge in [0.1, 0.15) is 11.8 Å². The van der Waals surface area contributed by atoms with E-state index in [2.05, 4.69) is 56.1 Å². The van der Waals surface area contributed by atoms with E-state index in [0.717, 1.165) is 74.7 Å². The summed E-state index contributed by atoms with van der Waals surface area (Å²) in [5.74, 6) is 0.832. The summed E-state index contributed by atoms with van der Waals surface area (Å²) in [6.07, 6.45) is 9.71. The van der Waals surface area contributed by atoms with Gasteiger partial charge in [0.25, 0.3) is 0 Å². The number of hydrogen-bond donors (Lipinski definition) is 2. The number of hydrogen-bond acceptors (Lipinski definition) is 7. The molecule has 2 aliphatic heterocycles. The molecule has 0 bridgehead atoms. The molecule has 0 radical (unpaired) electrons. The number of pyridine rings is 1. The van der Waals surface area contributed by atoms with Gasteiger partial charge in [0, 0.05) is 71.8 Å². The molecule has 2 saturated heterocycles. The van der Waals surface area contributed by atoms with Crippen LogP contribution in [0.5, 0.6) is 0 Å². The predicted molar refractivity (Wildman–Crippen MR) is 163 cm³/mol. The highest BCUT2D eigenvalue weighted by Crippen LogP contribution is 2.36. The Balaban J connectivity index is 1.42. The number of ether oxygens (including phenoxy) is 1. The third-order valence-corrected chi connectivity index (χ3v) is 8.60. The third kappa shape index (κ3) is 5.88. The van der Waals surface area contributed by atoms with Gasteiger partial charge in [-0.25, -0.2) is 9.98 Å². The number of rotatable bonds is 9.